The summed E-state index contributed by atoms with van der Waals surface area (Å²) in [5, 5.41) is 3.11. The van der Waals surface area contributed by atoms with E-state index >= 15 is 0 Å². The van der Waals surface area contributed by atoms with Gasteiger partial charge in [-0.25, -0.2) is 0 Å². The van der Waals surface area contributed by atoms with E-state index in [0.29, 0.717) is 19.1 Å². The number of hydrogen-bond acceptors (Lipinski definition) is 3. The zero-order valence-corrected chi connectivity index (χ0v) is 14.7. The van der Waals surface area contributed by atoms with Crippen LogP contribution in [0, 0.1) is 5.92 Å². The highest BCUT2D eigenvalue weighted by Gasteiger charge is 2.32. The zero-order chi connectivity index (χ0) is 17.2. The molecule has 5 nitrogen and oxygen atoms in total. The van der Waals surface area contributed by atoms with Gasteiger partial charge in [0, 0.05) is 24.8 Å². The normalized spacial score (nSPS) is 23.8. The molecule has 1 saturated carbocycles. The standard InChI is InChI=1S/C20H27N3O2/c24-19(23-12-4-6-15-5-1-2-8-18(15)23)14-22-11-3-7-16(13-22)20(25)21-17-9-10-17/h1-2,5,8,16-17H,3-4,6-7,9-14H2,(H,21,25). The molecule has 1 aromatic carbocycles. The third-order valence-electron chi connectivity index (χ3n) is 5.57. The Hall–Kier alpha value is -1.88. The molecular weight excluding hydrogens is 314 g/mol. The van der Waals surface area contributed by atoms with Gasteiger partial charge in [0.2, 0.25) is 11.8 Å². The number of rotatable bonds is 4. The number of aryl methyl sites for hydroxylation is 1. The molecule has 1 N–H and O–H groups in total. The van der Waals surface area contributed by atoms with E-state index in [1.807, 2.05) is 17.0 Å². The lowest BCUT2D eigenvalue weighted by Crippen LogP contribution is -2.48. The maximum absolute atomic E-state index is 12.9. The molecule has 0 spiro atoms. The van der Waals surface area contributed by atoms with Gasteiger partial charge in [-0.1, -0.05) is 18.2 Å². The lowest BCUT2D eigenvalue weighted by Gasteiger charge is -2.35. The summed E-state index contributed by atoms with van der Waals surface area (Å²) in [6, 6.07) is 8.63. The van der Waals surface area contributed by atoms with Crippen LogP contribution in [0.4, 0.5) is 5.69 Å². The summed E-state index contributed by atoms with van der Waals surface area (Å²) in [6.07, 6.45) is 6.24. The molecule has 1 unspecified atom stereocenters. The first-order chi connectivity index (χ1) is 12.2. The molecule has 1 aliphatic carbocycles. The number of piperidine rings is 1. The maximum Gasteiger partial charge on any atom is 0.241 e. The molecule has 2 amide bonds. The molecule has 0 bridgehead atoms. The number of nitrogens with one attached hydrogen (secondary N) is 1. The van der Waals surface area contributed by atoms with Gasteiger partial charge in [-0.2, -0.15) is 0 Å². The van der Waals surface area contributed by atoms with E-state index < -0.39 is 0 Å². The second kappa shape index (κ2) is 7.16. The van der Waals surface area contributed by atoms with E-state index in [0.717, 1.165) is 57.3 Å². The van der Waals surface area contributed by atoms with Crippen LogP contribution in [0.1, 0.15) is 37.7 Å². The number of carbonyl (C=O) groups excluding carboxylic acids is 2. The van der Waals surface area contributed by atoms with Gasteiger partial charge >= 0.3 is 0 Å². The van der Waals surface area contributed by atoms with Crippen molar-refractivity contribution >= 4 is 17.5 Å². The lowest BCUT2D eigenvalue weighted by atomic mass is 9.97. The van der Waals surface area contributed by atoms with Crippen molar-refractivity contribution in [2.75, 3.05) is 31.1 Å². The second-order valence-corrected chi connectivity index (χ2v) is 7.63. The van der Waals surface area contributed by atoms with Gasteiger partial charge in [0.05, 0.1) is 12.5 Å². The molecule has 4 rings (SSSR count). The van der Waals surface area contributed by atoms with E-state index in [9.17, 15) is 9.59 Å². The van der Waals surface area contributed by atoms with Crippen LogP contribution in [-0.4, -0.2) is 48.9 Å². The predicted molar refractivity (Wildman–Crippen MR) is 97.4 cm³/mol. The van der Waals surface area contributed by atoms with E-state index in [1.165, 1.54) is 5.56 Å². The Kier molecular flexibility index (Phi) is 4.75. The summed E-state index contributed by atoms with van der Waals surface area (Å²) >= 11 is 0. The molecule has 25 heavy (non-hydrogen) atoms. The van der Waals surface area contributed by atoms with Crippen molar-refractivity contribution in [3.8, 4) is 0 Å². The summed E-state index contributed by atoms with van der Waals surface area (Å²) in [4.78, 5) is 29.3. The Morgan fingerprint density at radius 1 is 1.08 bits per heavy atom. The van der Waals surface area contributed by atoms with E-state index in [1.54, 1.807) is 0 Å². The van der Waals surface area contributed by atoms with E-state index in [2.05, 4.69) is 22.3 Å². The summed E-state index contributed by atoms with van der Waals surface area (Å²) in [5.74, 6) is 0.383. The van der Waals surface area contributed by atoms with Gasteiger partial charge in [-0.3, -0.25) is 14.5 Å². The monoisotopic (exact) mass is 341 g/mol. The fraction of sp³-hybridized carbons (Fsp3) is 0.600. The molecule has 2 aliphatic heterocycles. The van der Waals surface area contributed by atoms with Crippen LogP contribution in [0.2, 0.25) is 0 Å². The molecule has 5 heteroatoms. The van der Waals surface area contributed by atoms with Crippen LogP contribution < -0.4 is 10.2 Å². The Balaban J connectivity index is 1.36. The van der Waals surface area contributed by atoms with Crippen molar-refractivity contribution in [2.24, 2.45) is 5.92 Å². The Labute approximate surface area is 149 Å². The van der Waals surface area contributed by atoms with Gasteiger partial charge < -0.3 is 10.2 Å². The Morgan fingerprint density at radius 2 is 1.92 bits per heavy atom. The third-order valence-corrected chi connectivity index (χ3v) is 5.57. The summed E-state index contributed by atoms with van der Waals surface area (Å²) in [7, 11) is 0. The first-order valence-electron chi connectivity index (χ1n) is 9.62. The number of benzene rings is 1. The quantitative estimate of drug-likeness (QED) is 0.911. The SMILES string of the molecule is O=C(NC1CC1)C1CCCN(CC(=O)N2CCCc3ccccc32)C1. The number of carbonyl (C=O) groups is 2. The van der Waals surface area contributed by atoms with Crippen molar-refractivity contribution in [1.82, 2.24) is 10.2 Å². The van der Waals surface area contributed by atoms with Crippen LogP contribution in [0.25, 0.3) is 0 Å². The van der Waals surface area contributed by atoms with E-state index in [-0.39, 0.29) is 17.7 Å². The van der Waals surface area contributed by atoms with Crippen molar-refractivity contribution in [3.05, 3.63) is 29.8 Å². The minimum atomic E-state index is 0.0378. The molecule has 0 aromatic heterocycles. The van der Waals surface area contributed by atoms with Crippen LogP contribution in [0.3, 0.4) is 0 Å². The minimum Gasteiger partial charge on any atom is -0.353 e. The minimum absolute atomic E-state index is 0.0378. The highest BCUT2D eigenvalue weighted by molar-refractivity contribution is 5.96. The van der Waals surface area contributed by atoms with Crippen LogP contribution in [0.15, 0.2) is 24.3 Å². The zero-order valence-electron chi connectivity index (χ0n) is 14.7. The highest BCUT2D eigenvalue weighted by Crippen LogP contribution is 2.27. The maximum atomic E-state index is 12.9. The van der Waals surface area contributed by atoms with Crippen molar-refractivity contribution < 1.29 is 9.59 Å². The summed E-state index contributed by atoms with van der Waals surface area (Å²) < 4.78 is 0. The molecule has 2 heterocycles. The largest absolute Gasteiger partial charge is 0.353 e. The number of hydrogen-bond donors (Lipinski definition) is 1. The molecule has 2 fully saturated rings. The van der Waals surface area contributed by atoms with Gasteiger partial charge in [0.25, 0.3) is 0 Å². The fourth-order valence-corrected chi connectivity index (χ4v) is 4.03. The average molecular weight is 341 g/mol. The lowest BCUT2D eigenvalue weighted by molar-refractivity contribution is -0.128. The average Bonchev–Trinajstić information content (AvgIpc) is 3.45. The smallest absolute Gasteiger partial charge is 0.241 e. The number of nitrogens with zero attached hydrogens (tertiary/aromatic N) is 2. The molecule has 1 aromatic rings. The molecule has 3 aliphatic rings. The molecule has 134 valence electrons. The molecule has 1 saturated heterocycles. The summed E-state index contributed by atoms with van der Waals surface area (Å²) in [5.41, 5.74) is 2.33. The number of anilines is 1. The van der Waals surface area contributed by atoms with Gasteiger partial charge in [-0.15, -0.1) is 0 Å². The summed E-state index contributed by atoms with van der Waals surface area (Å²) in [6.45, 7) is 2.84. The van der Waals surface area contributed by atoms with Crippen LogP contribution >= 0.6 is 0 Å². The predicted octanol–water partition coefficient (Wildman–Crippen LogP) is 1.96. The van der Waals surface area contributed by atoms with Gasteiger partial charge in [0.15, 0.2) is 0 Å². The second-order valence-electron chi connectivity index (χ2n) is 7.63. The fourth-order valence-electron chi connectivity index (χ4n) is 4.03. The molecule has 0 radical (unpaired) electrons. The van der Waals surface area contributed by atoms with Crippen LogP contribution in [-0.2, 0) is 16.0 Å². The van der Waals surface area contributed by atoms with Crippen molar-refractivity contribution in [1.29, 1.82) is 0 Å². The Morgan fingerprint density at radius 3 is 2.76 bits per heavy atom. The Bertz CT molecular complexity index is 656. The first-order valence-corrected chi connectivity index (χ1v) is 9.62. The number of amides is 2. The third kappa shape index (κ3) is 3.87. The van der Waals surface area contributed by atoms with Gasteiger partial charge in [-0.05, 0) is 56.7 Å². The van der Waals surface area contributed by atoms with Crippen LogP contribution in [0.5, 0.6) is 0 Å². The first kappa shape index (κ1) is 16.6. The topological polar surface area (TPSA) is 52.7 Å². The number of para-hydroxylation sites is 1. The van der Waals surface area contributed by atoms with Gasteiger partial charge in [0.1, 0.15) is 0 Å². The number of likely N-dealkylation sites (tertiary alicyclic amines) is 1. The van der Waals surface area contributed by atoms with Crippen molar-refractivity contribution in [3.63, 3.8) is 0 Å². The van der Waals surface area contributed by atoms with E-state index in [4.69, 9.17) is 0 Å². The van der Waals surface area contributed by atoms with Crippen molar-refractivity contribution in [2.45, 2.75) is 44.6 Å². The molecule has 1 atom stereocenters. The number of fused-ring (bicyclic) bond motifs is 1. The highest BCUT2D eigenvalue weighted by atomic mass is 16.2. The molecular formula is C20H27N3O2.